The molecule has 0 aliphatic rings. The van der Waals surface area contributed by atoms with Gasteiger partial charge in [-0.15, -0.1) is 0 Å². The van der Waals surface area contributed by atoms with Crippen molar-refractivity contribution in [1.82, 2.24) is 10.3 Å². The fraction of sp³-hybridized carbons (Fsp3) is 0.538. The summed E-state index contributed by atoms with van der Waals surface area (Å²) in [6, 6.07) is 2.78. The summed E-state index contributed by atoms with van der Waals surface area (Å²) in [5.74, 6) is -0.558. The van der Waals surface area contributed by atoms with Crippen LogP contribution in [0.1, 0.15) is 32.9 Å². The fourth-order valence-electron chi connectivity index (χ4n) is 1.79. The molecule has 1 heterocycles. The molecule has 100 valence electrons. The highest BCUT2D eigenvalue weighted by Gasteiger charge is 2.37. The standard InChI is InChI=1S/C13H20FN3O/c1-4-13(12(15)18,17-7-9(2)3)11-6-5-10(14)8-16-11/h5-6,8-9,17H,4,7H2,1-3H3,(H2,15,18). The summed E-state index contributed by atoms with van der Waals surface area (Å²) < 4.78 is 12.9. The molecule has 1 amide bonds. The molecule has 0 spiro atoms. The Kier molecular flexibility index (Phi) is 4.78. The molecular weight excluding hydrogens is 233 g/mol. The predicted molar refractivity (Wildman–Crippen MR) is 68.2 cm³/mol. The summed E-state index contributed by atoms with van der Waals surface area (Å²) in [6.07, 6.45) is 1.56. The summed E-state index contributed by atoms with van der Waals surface area (Å²) in [6.45, 7) is 6.55. The van der Waals surface area contributed by atoms with Crippen LogP contribution in [0.15, 0.2) is 18.3 Å². The van der Waals surface area contributed by atoms with Crippen molar-refractivity contribution < 1.29 is 9.18 Å². The number of aromatic nitrogens is 1. The third-order valence-electron chi connectivity index (χ3n) is 2.93. The molecule has 0 bridgehead atoms. The van der Waals surface area contributed by atoms with Crippen LogP contribution in [0.4, 0.5) is 4.39 Å². The summed E-state index contributed by atoms with van der Waals surface area (Å²) in [4.78, 5) is 15.8. The molecule has 1 atom stereocenters. The van der Waals surface area contributed by atoms with Gasteiger partial charge in [0.25, 0.3) is 0 Å². The number of carbonyl (C=O) groups excluding carboxylic acids is 1. The molecule has 0 fully saturated rings. The number of carbonyl (C=O) groups is 1. The molecule has 0 saturated heterocycles. The molecule has 0 aliphatic carbocycles. The molecule has 5 heteroatoms. The number of halogens is 1. The zero-order valence-corrected chi connectivity index (χ0v) is 11.0. The van der Waals surface area contributed by atoms with E-state index in [9.17, 15) is 9.18 Å². The average Bonchev–Trinajstić information content (AvgIpc) is 2.31. The Labute approximate surface area is 107 Å². The van der Waals surface area contributed by atoms with Gasteiger partial charge in [-0.1, -0.05) is 20.8 Å². The zero-order chi connectivity index (χ0) is 13.8. The molecule has 0 aliphatic heterocycles. The quantitative estimate of drug-likeness (QED) is 0.808. The van der Waals surface area contributed by atoms with Crippen molar-refractivity contribution in [3.63, 3.8) is 0 Å². The molecule has 1 aromatic heterocycles. The van der Waals surface area contributed by atoms with Crippen molar-refractivity contribution >= 4 is 5.91 Å². The summed E-state index contributed by atoms with van der Waals surface area (Å²) in [5, 5.41) is 3.16. The molecule has 1 unspecified atom stereocenters. The van der Waals surface area contributed by atoms with Gasteiger partial charge in [0, 0.05) is 0 Å². The Balaban J connectivity index is 3.10. The number of nitrogens with two attached hydrogens (primary N) is 1. The Morgan fingerprint density at radius 3 is 2.61 bits per heavy atom. The number of primary amides is 1. The van der Waals surface area contributed by atoms with Crippen LogP contribution >= 0.6 is 0 Å². The second-order valence-corrected chi connectivity index (χ2v) is 4.76. The Morgan fingerprint density at radius 1 is 1.56 bits per heavy atom. The summed E-state index contributed by atoms with van der Waals surface area (Å²) >= 11 is 0. The molecule has 1 aromatic rings. The highest BCUT2D eigenvalue weighted by molar-refractivity contribution is 5.85. The maximum Gasteiger partial charge on any atom is 0.243 e. The van der Waals surface area contributed by atoms with Crippen LogP contribution in [0.3, 0.4) is 0 Å². The minimum absolute atomic E-state index is 0.371. The first kappa shape index (κ1) is 14.6. The summed E-state index contributed by atoms with van der Waals surface area (Å²) in [7, 11) is 0. The largest absolute Gasteiger partial charge is 0.368 e. The van der Waals surface area contributed by atoms with Crippen LogP contribution in [-0.2, 0) is 10.3 Å². The molecule has 1 rings (SSSR count). The molecule has 18 heavy (non-hydrogen) atoms. The van der Waals surface area contributed by atoms with Crippen molar-refractivity contribution in [1.29, 1.82) is 0 Å². The zero-order valence-electron chi connectivity index (χ0n) is 11.0. The van der Waals surface area contributed by atoms with Gasteiger partial charge in [0.15, 0.2) is 0 Å². The fourth-order valence-corrected chi connectivity index (χ4v) is 1.79. The van der Waals surface area contributed by atoms with E-state index in [4.69, 9.17) is 5.73 Å². The van der Waals surface area contributed by atoms with Crippen molar-refractivity contribution in [3.8, 4) is 0 Å². The van der Waals surface area contributed by atoms with E-state index < -0.39 is 17.3 Å². The van der Waals surface area contributed by atoms with E-state index in [1.807, 2.05) is 20.8 Å². The molecule has 0 radical (unpaired) electrons. The molecule has 4 nitrogen and oxygen atoms in total. The van der Waals surface area contributed by atoms with Crippen molar-refractivity contribution in [3.05, 3.63) is 29.8 Å². The smallest absolute Gasteiger partial charge is 0.243 e. The van der Waals surface area contributed by atoms with Gasteiger partial charge in [-0.25, -0.2) is 4.39 Å². The topological polar surface area (TPSA) is 68.0 Å². The van der Waals surface area contributed by atoms with E-state index in [0.717, 1.165) is 6.20 Å². The van der Waals surface area contributed by atoms with Crippen LogP contribution in [-0.4, -0.2) is 17.4 Å². The predicted octanol–water partition coefficient (Wildman–Crippen LogP) is 1.56. The van der Waals surface area contributed by atoms with Crippen molar-refractivity contribution in [2.75, 3.05) is 6.54 Å². The van der Waals surface area contributed by atoms with Crippen LogP contribution in [0.2, 0.25) is 0 Å². The Hall–Kier alpha value is -1.49. The highest BCUT2D eigenvalue weighted by Crippen LogP contribution is 2.23. The minimum atomic E-state index is -1.03. The molecular formula is C13H20FN3O. The van der Waals surface area contributed by atoms with Gasteiger partial charge in [-0.2, -0.15) is 0 Å². The third-order valence-corrected chi connectivity index (χ3v) is 2.93. The lowest BCUT2D eigenvalue weighted by atomic mass is 9.90. The third kappa shape index (κ3) is 3.04. The minimum Gasteiger partial charge on any atom is -0.368 e. The first-order valence-corrected chi connectivity index (χ1v) is 6.09. The Morgan fingerprint density at radius 2 is 2.22 bits per heavy atom. The number of amides is 1. The van der Waals surface area contributed by atoms with Crippen LogP contribution < -0.4 is 11.1 Å². The lowest BCUT2D eigenvalue weighted by Gasteiger charge is -2.31. The van der Waals surface area contributed by atoms with Crippen LogP contribution in [0, 0.1) is 11.7 Å². The van der Waals surface area contributed by atoms with Gasteiger partial charge in [-0.05, 0) is 31.0 Å². The van der Waals surface area contributed by atoms with Crippen LogP contribution in [0.5, 0.6) is 0 Å². The maximum atomic E-state index is 12.9. The van der Waals surface area contributed by atoms with E-state index in [2.05, 4.69) is 10.3 Å². The van der Waals surface area contributed by atoms with Gasteiger partial charge in [0.2, 0.25) is 5.91 Å². The first-order chi connectivity index (χ1) is 8.42. The van der Waals surface area contributed by atoms with Gasteiger partial charge in [0.1, 0.15) is 11.4 Å². The maximum absolute atomic E-state index is 12.9. The monoisotopic (exact) mass is 253 g/mol. The molecule has 0 saturated carbocycles. The average molecular weight is 253 g/mol. The second kappa shape index (κ2) is 5.91. The van der Waals surface area contributed by atoms with E-state index in [0.29, 0.717) is 24.6 Å². The first-order valence-electron chi connectivity index (χ1n) is 6.09. The normalized spacial score (nSPS) is 14.5. The van der Waals surface area contributed by atoms with E-state index in [-0.39, 0.29) is 0 Å². The molecule has 0 aromatic carbocycles. The van der Waals surface area contributed by atoms with Crippen molar-refractivity contribution in [2.45, 2.75) is 32.7 Å². The number of rotatable bonds is 6. The Bertz CT molecular complexity index is 405. The van der Waals surface area contributed by atoms with Crippen LogP contribution in [0.25, 0.3) is 0 Å². The highest BCUT2D eigenvalue weighted by atomic mass is 19.1. The van der Waals surface area contributed by atoms with E-state index >= 15 is 0 Å². The number of nitrogens with one attached hydrogen (secondary N) is 1. The van der Waals surface area contributed by atoms with E-state index in [1.54, 1.807) is 0 Å². The lowest BCUT2D eigenvalue weighted by molar-refractivity contribution is -0.125. The van der Waals surface area contributed by atoms with E-state index in [1.165, 1.54) is 12.1 Å². The second-order valence-electron chi connectivity index (χ2n) is 4.76. The number of hydrogen-bond acceptors (Lipinski definition) is 3. The number of hydrogen-bond donors (Lipinski definition) is 2. The van der Waals surface area contributed by atoms with Crippen molar-refractivity contribution in [2.24, 2.45) is 11.7 Å². The van der Waals surface area contributed by atoms with Gasteiger partial charge >= 0.3 is 0 Å². The summed E-state index contributed by atoms with van der Waals surface area (Å²) in [5.41, 5.74) is 4.93. The SMILES string of the molecule is CCC(NCC(C)C)(C(N)=O)c1ccc(F)cn1. The number of pyridine rings is 1. The van der Waals surface area contributed by atoms with Gasteiger partial charge in [0.05, 0.1) is 11.9 Å². The number of nitrogens with zero attached hydrogens (tertiary/aromatic N) is 1. The van der Waals surface area contributed by atoms with Gasteiger partial charge < -0.3 is 5.73 Å². The van der Waals surface area contributed by atoms with Gasteiger partial charge in [-0.3, -0.25) is 15.1 Å². The molecule has 3 N–H and O–H groups in total. The lowest BCUT2D eigenvalue weighted by Crippen LogP contribution is -2.53.